The lowest BCUT2D eigenvalue weighted by molar-refractivity contribution is -0.245. The molecule has 0 radical (unpaired) electrons. The van der Waals surface area contributed by atoms with Crippen LogP contribution < -0.4 is 0 Å². The van der Waals surface area contributed by atoms with E-state index in [1.807, 2.05) is 19.9 Å². The van der Waals surface area contributed by atoms with E-state index in [0.717, 1.165) is 44.9 Å². The first-order chi connectivity index (χ1) is 19.1. The molecular formula is C35H54O6. The molecule has 5 aliphatic carbocycles. The van der Waals surface area contributed by atoms with Crippen LogP contribution in [0.5, 0.6) is 0 Å². The number of carbonyl (C=O) groups is 1. The molecular weight excluding hydrogens is 516 g/mol. The Morgan fingerprint density at radius 2 is 1.66 bits per heavy atom. The first-order valence-corrected chi connectivity index (χ1v) is 16.6. The van der Waals surface area contributed by atoms with Crippen LogP contribution in [0.2, 0.25) is 0 Å². The Labute approximate surface area is 247 Å². The summed E-state index contributed by atoms with van der Waals surface area (Å²) in [7, 11) is 0. The van der Waals surface area contributed by atoms with Crippen molar-refractivity contribution >= 4 is 5.97 Å². The van der Waals surface area contributed by atoms with E-state index in [0.29, 0.717) is 23.3 Å². The molecule has 2 aliphatic heterocycles. The van der Waals surface area contributed by atoms with E-state index < -0.39 is 6.29 Å². The van der Waals surface area contributed by atoms with Crippen LogP contribution in [0.3, 0.4) is 0 Å². The maximum atomic E-state index is 12.8. The maximum absolute atomic E-state index is 12.8. The first kappa shape index (κ1) is 28.8. The molecule has 13 atom stereocenters. The van der Waals surface area contributed by atoms with Crippen LogP contribution in [0.15, 0.2) is 11.6 Å². The highest BCUT2D eigenvalue weighted by Crippen LogP contribution is 2.91. The van der Waals surface area contributed by atoms with Crippen LogP contribution in [0.25, 0.3) is 0 Å². The lowest BCUT2D eigenvalue weighted by Gasteiger charge is -2.68. The molecule has 2 saturated heterocycles. The third-order valence-electron chi connectivity index (χ3n) is 15.2. The Bertz CT molecular complexity index is 1160. The van der Waals surface area contributed by atoms with Crippen LogP contribution in [0.4, 0.5) is 0 Å². The lowest BCUT2D eigenvalue weighted by atomic mass is 9.37. The largest absolute Gasteiger partial charge is 0.458 e. The van der Waals surface area contributed by atoms with Gasteiger partial charge in [0.2, 0.25) is 0 Å². The van der Waals surface area contributed by atoms with Gasteiger partial charge in [-0.2, -0.15) is 0 Å². The van der Waals surface area contributed by atoms with E-state index in [9.17, 15) is 15.0 Å². The quantitative estimate of drug-likeness (QED) is 0.239. The van der Waals surface area contributed by atoms with Crippen LogP contribution in [-0.2, 0) is 19.0 Å². The number of esters is 1. The Kier molecular flexibility index (Phi) is 6.05. The summed E-state index contributed by atoms with van der Waals surface area (Å²) in [5.41, 5.74) is 0.673. The van der Waals surface area contributed by atoms with Gasteiger partial charge in [-0.1, -0.05) is 33.8 Å². The van der Waals surface area contributed by atoms with Crippen LogP contribution >= 0.6 is 0 Å². The molecule has 7 aliphatic rings. The predicted octanol–water partition coefficient (Wildman–Crippen LogP) is 6.18. The maximum Gasteiger partial charge on any atom is 0.333 e. The summed E-state index contributed by atoms with van der Waals surface area (Å²) >= 11 is 0. The summed E-state index contributed by atoms with van der Waals surface area (Å²) in [4.78, 5) is 12.8. The van der Waals surface area contributed by atoms with E-state index >= 15 is 0 Å². The Balaban J connectivity index is 1.15. The zero-order valence-electron chi connectivity index (χ0n) is 26.7. The normalized spacial score (nSPS) is 56.2. The third kappa shape index (κ3) is 3.48. The highest BCUT2D eigenvalue weighted by atomic mass is 16.7. The van der Waals surface area contributed by atoms with Crippen molar-refractivity contribution in [3.05, 3.63) is 11.6 Å². The first-order valence-electron chi connectivity index (χ1n) is 16.6. The second kappa shape index (κ2) is 8.61. The number of carbonyl (C=O) groups excluding carboxylic acids is 1. The molecule has 6 heteroatoms. The molecule has 230 valence electrons. The Morgan fingerprint density at radius 1 is 0.951 bits per heavy atom. The fourth-order valence-corrected chi connectivity index (χ4v) is 12.9. The molecule has 7 fully saturated rings. The van der Waals surface area contributed by atoms with E-state index in [1.54, 1.807) is 0 Å². The minimum Gasteiger partial charge on any atom is -0.458 e. The molecule has 2 heterocycles. The van der Waals surface area contributed by atoms with Crippen LogP contribution in [-0.4, -0.2) is 52.5 Å². The van der Waals surface area contributed by atoms with Gasteiger partial charge in [0.15, 0.2) is 6.29 Å². The van der Waals surface area contributed by atoms with Crippen molar-refractivity contribution in [3.8, 4) is 0 Å². The molecule has 6 nitrogen and oxygen atoms in total. The highest BCUT2D eigenvalue weighted by molar-refractivity contribution is 5.87. The van der Waals surface area contributed by atoms with Gasteiger partial charge in [0.1, 0.15) is 12.2 Å². The van der Waals surface area contributed by atoms with Crippen molar-refractivity contribution < 1.29 is 29.2 Å². The molecule has 5 saturated carbocycles. The molecule has 41 heavy (non-hydrogen) atoms. The minimum atomic E-state index is -0.704. The van der Waals surface area contributed by atoms with Crippen molar-refractivity contribution in [1.82, 2.24) is 0 Å². The summed E-state index contributed by atoms with van der Waals surface area (Å²) in [5.74, 6) is 1.17. The summed E-state index contributed by atoms with van der Waals surface area (Å²) < 4.78 is 18.2. The van der Waals surface area contributed by atoms with Gasteiger partial charge in [-0.15, -0.1) is 0 Å². The smallest absolute Gasteiger partial charge is 0.333 e. The van der Waals surface area contributed by atoms with E-state index in [2.05, 4.69) is 41.5 Å². The van der Waals surface area contributed by atoms with Gasteiger partial charge in [0.25, 0.3) is 0 Å². The fourth-order valence-electron chi connectivity index (χ4n) is 12.9. The number of aliphatic hydroxyl groups is 2. The minimum absolute atomic E-state index is 0.00913. The molecule has 7 rings (SSSR count). The number of ether oxygens (including phenoxy) is 3. The highest BCUT2D eigenvalue weighted by Gasteiger charge is 2.86. The Hall–Kier alpha value is -0.950. The lowest BCUT2D eigenvalue weighted by Crippen LogP contribution is -2.66. The second-order valence-corrected chi connectivity index (χ2v) is 17.1. The number of fused-ring (bicyclic) bond motifs is 3. The van der Waals surface area contributed by atoms with Crippen molar-refractivity contribution in [2.75, 3.05) is 0 Å². The van der Waals surface area contributed by atoms with Crippen molar-refractivity contribution in [1.29, 1.82) is 0 Å². The van der Waals surface area contributed by atoms with E-state index in [1.165, 1.54) is 12.8 Å². The van der Waals surface area contributed by atoms with Gasteiger partial charge >= 0.3 is 5.97 Å². The molecule has 0 aromatic rings. The van der Waals surface area contributed by atoms with Crippen molar-refractivity contribution in [2.45, 2.75) is 149 Å². The van der Waals surface area contributed by atoms with E-state index in [4.69, 9.17) is 14.2 Å². The number of epoxide rings is 1. The molecule has 0 spiro atoms. The topological polar surface area (TPSA) is 88.5 Å². The molecule has 2 N–H and O–H groups in total. The SMILES string of the molecule is C/C=C(\C)C(=O)O[C@@H]1CC[C@]2(C)[C@H]3CC[C@]45C[C@]4(CC[C@H]5[C@H]4C[C@H]([C@H]5OC5(C)C)O[C@@H]4O)[C@]3(C)[C@H](O)C[C@H]2C1(C)C. The summed E-state index contributed by atoms with van der Waals surface area (Å²) in [5, 5.41) is 23.4. The zero-order chi connectivity index (χ0) is 29.5. The van der Waals surface area contributed by atoms with Gasteiger partial charge < -0.3 is 24.4 Å². The average Bonchev–Trinajstić information content (AvgIpc) is 3.66. The standard InChI is InChI=1S/C35H54O6/c1-9-19(2)28(37)40-26-12-13-32(7)23-11-14-34-18-35(34,33(23,8)25(36)17-24(32)30(26,3)4)15-10-21(34)20-16-22(39-29(20)38)27-31(5,6)41-27/h9,20-27,29,36,38H,10-18H2,1-8H3/b19-9+/t20-,21+,22-,23-,24+,25-,26-,27-,29+,32-,33+,34-,35-/m1/s1. The van der Waals surface area contributed by atoms with Crippen LogP contribution in [0.1, 0.15) is 113 Å². The summed E-state index contributed by atoms with van der Waals surface area (Å²) in [6.45, 7) is 17.5. The van der Waals surface area contributed by atoms with Crippen molar-refractivity contribution in [3.63, 3.8) is 0 Å². The molecule has 0 bridgehead atoms. The third-order valence-corrected chi connectivity index (χ3v) is 15.2. The van der Waals surface area contributed by atoms with Gasteiger partial charge in [-0.05, 0) is 119 Å². The van der Waals surface area contributed by atoms with Gasteiger partial charge in [0, 0.05) is 22.3 Å². The summed E-state index contributed by atoms with van der Waals surface area (Å²) in [6, 6.07) is 0. The Morgan fingerprint density at radius 3 is 2.32 bits per heavy atom. The van der Waals surface area contributed by atoms with Gasteiger partial charge in [-0.25, -0.2) is 4.79 Å². The molecule has 0 aromatic carbocycles. The van der Waals surface area contributed by atoms with Gasteiger partial charge in [0.05, 0.1) is 17.8 Å². The number of hydrogen-bond acceptors (Lipinski definition) is 6. The summed E-state index contributed by atoms with van der Waals surface area (Å²) in [6.07, 6.45) is 10.1. The number of allylic oxidation sites excluding steroid dienone is 1. The van der Waals surface area contributed by atoms with Crippen molar-refractivity contribution in [2.24, 2.45) is 50.7 Å². The second-order valence-electron chi connectivity index (χ2n) is 17.1. The molecule has 0 amide bonds. The average molecular weight is 571 g/mol. The predicted molar refractivity (Wildman–Crippen MR) is 156 cm³/mol. The zero-order valence-corrected chi connectivity index (χ0v) is 26.7. The molecule has 0 unspecified atom stereocenters. The monoisotopic (exact) mass is 570 g/mol. The van der Waals surface area contributed by atoms with E-state index in [-0.39, 0.29) is 69.0 Å². The van der Waals surface area contributed by atoms with Crippen LogP contribution in [0, 0.1) is 50.7 Å². The fraction of sp³-hybridized carbons (Fsp3) is 0.914. The number of rotatable bonds is 4. The number of aliphatic hydroxyl groups excluding tert-OH is 2. The van der Waals surface area contributed by atoms with Gasteiger partial charge in [-0.3, -0.25) is 0 Å². The molecule has 0 aromatic heterocycles. The number of hydrogen-bond donors (Lipinski definition) is 2.